The van der Waals surface area contributed by atoms with Crippen LogP contribution in [0.15, 0.2) is 67.0 Å². The molecule has 0 aliphatic heterocycles. The Kier molecular flexibility index (Phi) is 4.57. The van der Waals surface area contributed by atoms with Crippen LogP contribution in [0.2, 0.25) is 0 Å². The molecule has 5 heteroatoms. The molecule has 0 bridgehead atoms. The molecule has 0 aliphatic rings. The summed E-state index contributed by atoms with van der Waals surface area (Å²) in [5, 5.41) is 6.47. The summed E-state index contributed by atoms with van der Waals surface area (Å²) in [5.74, 6) is 1.38. The Hall–Kier alpha value is -2.95. The van der Waals surface area contributed by atoms with Crippen LogP contribution in [-0.4, -0.2) is 15.0 Å². The second-order valence-electron chi connectivity index (χ2n) is 4.78. The predicted octanol–water partition coefficient (Wildman–Crippen LogP) is 3.10. The molecule has 0 aliphatic carbocycles. The van der Waals surface area contributed by atoms with Crippen molar-refractivity contribution in [1.82, 2.24) is 15.0 Å². The summed E-state index contributed by atoms with van der Waals surface area (Å²) in [7, 11) is 0. The van der Waals surface area contributed by atoms with Crippen molar-refractivity contribution in [2.75, 3.05) is 10.6 Å². The molecular weight excluding hydrogens is 274 g/mol. The molecule has 3 rings (SSSR count). The highest BCUT2D eigenvalue weighted by Gasteiger charge is 2.00. The zero-order valence-corrected chi connectivity index (χ0v) is 12.1. The number of hydrogen-bond acceptors (Lipinski definition) is 5. The van der Waals surface area contributed by atoms with Crippen LogP contribution < -0.4 is 10.6 Å². The van der Waals surface area contributed by atoms with E-state index in [1.165, 1.54) is 5.56 Å². The van der Waals surface area contributed by atoms with Gasteiger partial charge in [0.05, 0.1) is 12.2 Å². The molecular formula is C17H17N5. The molecule has 110 valence electrons. The molecule has 5 nitrogen and oxygen atoms in total. The van der Waals surface area contributed by atoms with Crippen molar-refractivity contribution in [1.29, 1.82) is 0 Å². The number of benzene rings is 1. The van der Waals surface area contributed by atoms with Crippen LogP contribution in [0.4, 0.5) is 11.8 Å². The number of rotatable bonds is 6. The highest BCUT2D eigenvalue weighted by molar-refractivity contribution is 5.40. The molecule has 2 N–H and O–H groups in total. The summed E-state index contributed by atoms with van der Waals surface area (Å²) in [6, 6.07) is 17.9. The van der Waals surface area contributed by atoms with Gasteiger partial charge in [-0.05, 0) is 23.8 Å². The maximum absolute atomic E-state index is 4.44. The van der Waals surface area contributed by atoms with Gasteiger partial charge in [0.15, 0.2) is 0 Å². The van der Waals surface area contributed by atoms with E-state index in [0.717, 1.165) is 11.5 Å². The van der Waals surface area contributed by atoms with E-state index < -0.39 is 0 Å². The first-order valence-electron chi connectivity index (χ1n) is 7.15. The molecule has 2 heterocycles. The zero-order valence-electron chi connectivity index (χ0n) is 12.1. The maximum atomic E-state index is 4.44. The second-order valence-corrected chi connectivity index (χ2v) is 4.78. The number of pyridine rings is 1. The minimum Gasteiger partial charge on any atom is -0.364 e. The third kappa shape index (κ3) is 4.02. The van der Waals surface area contributed by atoms with Gasteiger partial charge in [0.1, 0.15) is 5.82 Å². The van der Waals surface area contributed by atoms with Crippen LogP contribution in [0.1, 0.15) is 11.3 Å². The van der Waals surface area contributed by atoms with E-state index in [1.54, 1.807) is 12.4 Å². The van der Waals surface area contributed by atoms with E-state index >= 15 is 0 Å². The van der Waals surface area contributed by atoms with Gasteiger partial charge >= 0.3 is 0 Å². The van der Waals surface area contributed by atoms with Crippen molar-refractivity contribution in [3.8, 4) is 0 Å². The highest BCUT2D eigenvalue weighted by atomic mass is 15.1. The molecule has 0 radical (unpaired) electrons. The summed E-state index contributed by atoms with van der Waals surface area (Å²) < 4.78 is 0. The minimum absolute atomic E-state index is 0.606. The molecule has 0 saturated heterocycles. The van der Waals surface area contributed by atoms with E-state index in [0.29, 0.717) is 19.0 Å². The van der Waals surface area contributed by atoms with Crippen molar-refractivity contribution < 1.29 is 0 Å². The number of nitrogens with one attached hydrogen (secondary N) is 2. The molecule has 0 saturated carbocycles. The fraction of sp³-hybridized carbons (Fsp3) is 0.118. The standard InChI is InChI=1S/C17H17N5/c1-2-6-14(7-3-1)12-21-17-19-11-9-16(22-17)20-13-15-8-4-5-10-18-15/h1-11H,12-13H2,(H2,19,20,21,22). The van der Waals surface area contributed by atoms with Crippen LogP contribution in [0.25, 0.3) is 0 Å². The molecule has 2 aromatic heterocycles. The third-order valence-corrected chi connectivity index (χ3v) is 3.13. The van der Waals surface area contributed by atoms with E-state index in [4.69, 9.17) is 0 Å². The van der Waals surface area contributed by atoms with Crippen LogP contribution in [-0.2, 0) is 13.1 Å². The monoisotopic (exact) mass is 291 g/mol. The zero-order chi connectivity index (χ0) is 15.0. The van der Waals surface area contributed by atoms with Gasteiger partial charge in [0.25, 0.3) is 0 Å². The van der Waals surface area contributed by atoms with Gasteiger partial charge in [-0.1, -0.05) is 36.4 Å². The summed E-state index contributed by atoms with van der Waals surface area (Å²) in [5.41, 5.74) is 2.16. The molecule has 3 aromatic rings. The van der Waals surface area contributed by atoms with Crippen molar-refractivity contribution >= 4 is 11.8 Å². The molecule has 0 atom stereocenters. The number of anilines is 2. The Bertz CT molecular complexity index is 642. The van der Waals surface area contributed by atoms with Crippen molar-refractivity contribution in [2.24, 2.45) is 0 Å². The lowest BCUT2D eigenvalue weighted by Crippen LogP contribution is -2.07. The number of hydrogen-bond donors (Lipinski definition) is 2. The highest BCUT2D eigenvalue weighted by Crippen LogP contribution is 2.09. The Balaban J connectivity index is 1.58. The quantitative estimate of drug-likeness (QED) is 0.730. The van der Waals surface area contributed by atoms with Crippen molar-refractivity contribution in [2.45, 2.75) is 13.1 Å². The third-order valence-electron chi connectivity index (χ3n) is 3.13. The lowest BCUT2D eigenvalue weighted by Gasteiger charge is -2.08. The van der Waals surface area contributed by atoms with Gasteiger partial charge < -0.3 is 10.6 Å². The molecule has 22 heavy (non-hydrogen) atoms. The SMILES string of the molecule is c1ccc(CNc2nccc(NCc3ccccn3)n2)cc1. The minimum atomic E-state index is 0.606. The fourth-order valence-electron chi connectivity index (χ4n) is 2.00. The lowest BCUT2D eigenvalue weighted by molar-refractivity contribution is 1.01. The summed E-state index contributed by atoms with van der Waals surface area (Å²) in [6.07, 6.45) is 3.52. The molecule has 0 spiro atoms. The smallest absolute Gasteiger partial charge is 0.224 e. The fourth-order valence-corrected chi connectivity index (χ4v) is 2.00. The van der Waals surface area contributed by atoms with Crippen LogP contribution in [0.5, 0.6) is 0 Å². The molecule has 0 unspecified atom stereocenters. The Morgan fingerprint density at radius 1 is 0.727 bits per heavy atom. The number of aromatic nitrogens is 3. The first-order chi connectivity index (χ1) is 10.9. The Labute approximate surface area is 129 Å². The van der Waals surface area contributed by atoms with Crippen LogP contribution in [0.3, 0.4) is 0 Å². The van der Waals surface area contributed by atoms with Gasteiger partial charge in [-0.2, -0.15) is 4.98 Å². The maximum Gasteiger partial charge on any atom is 0.224 e. The topological polar surface area (TPSA) is 62.7 Å². The lowest BCUT2D eigenvalue weighted by atomic mass is 10.2. The molecule has 0 amide bonds. The molecule has 1 aromatic carbocycles. The number of nitrogens with zero attached hydrogens (tertiary/aromatic N) is 3. The average molecular weight is 291 g/mol. The summed E-state index contributed by atoms with van der Waals surface area (Å²) in [4.78, 5) is 12.9. The predicted molar refractivity (Wildman–Crippen MR) is 87.4 cm³/mol. The summed E-state index contributed by atoms with van der Waals surface area (Å²) in [6.45, 7) is 1.33. The van der Waals surface area contributed by atoms with Crippen LogP contribution in [0, 0.1) is 0 Å². The van der Waals surface area contributed by atoms with Gasteiger partial charge in [0, 0.05) is 18.9 Å². The largest absolute Gasteiger partial charge is 0.364 e. The van der Waals surface area contributed by atoms with E-state index in [1.807, 2.05) is 42.5 Å². The van der Waals surface area contributed by atoms with Gasteiger partial charge in [0.2, 0.25) is 5.95 Å². The first-order valence-corrected chi connectivity index (χ1v) is 7.15. The van der Waals surface area contributed by atoms with Gasteiger partial charge in [-0.3, -0.25) is 4.98 Å². The van der Waals surface area contributed by atoms with E-state index in [2.05, 4.69) is 37.7 Å². The van der Waals surface area contributed by atoms with E-state index in [9.17, 15) is 0 Å². The normalized spacial score (nSPS) is 10.2. The summed E-state index contributed by atoms with van der Waals surface area (Å²) >= 11 is 0. The van der Waals surface area contributed by atoms with Gasteiger partial charge in [-0.25, -0.2) is 4.98 Å². The average Bonchev–Trinajstić information content (AvgIpc) is 2.60. The van der Waals surface area contributed by atoms with Gasteiger partial charge in [-0.15, -0.1) is 0 Å². The second kappa shape index (κ2) is 7.17. The molecule has 0 fully saturated rings. The Morgan fingerprint density at radius 2 is 1.59 bits per heavy atom. The first kappa shape index (κ1) is 14.0. The van der Waals surface area contributed by atoms with Crippen molar-refractivity contribution in [3.05, 3.63) is 78.2 Å². The van der Waals surface area contributed by atoms with Crippen molar-refractivity contribution in [3.63, 3.8) is 0 Å². The van der Waals surface area contributed by atoms with Crippen LogP contribution >= 0.6 is 0 Å². The van der Waals surface area contributed by atoms with E-state index in [-0.39, 0.29) is 0 Å². The Morgan fingerprint density at radius 3 is 2.41 bits per heavy atom.